The van der Waals surface area contributed by atoms with E-state index in [1.165, 1.54) is 37.5 Å². The average molecular weight is 410 g/mol. The first-order valence-corrected chi connectivity index (χ1v) is 10.4. The maximum Gasteiger partial charge on any atom is 0.290 e. The molecule has 1 amide bonds. The van der Waals surface area contributed by atoms with Crippen molar-refractivity contribution in [1.82, 2.24) is 19.6 Å². The molecule has 0 aliphatic carbocycles. The highest BCUT2D eigenvalue weighted by molar-refractivity contribution is 7.13. The molecule has 8 heteroatoms. The van der Waals surface area contributed by atoms with Gasteiger partial charge in [0, 0.05) is 30.4 Å². The predicted molar refractivity (Wildman–Crippen MR) is 112 cm³/mol. The Labute approximate surface area is 172 Å². The number of carbonyl (C=O) groups is 2. The fraction of sp³-hybridized carbons (Fsp3) is 0.333. The summed E-state index contributed by atoms with van der Waals surface area (Å²) in [7, 11) is 0. The Hall–Kier alpha value is -2.84. The van der Waals surface area contributed by atoms with Crippen LogP contribution in [0.3, 0.4) is 0 Å². The number of nitrogens with zero attached hydrogens (tertiary/aromatic N) is 3. The van der Waals surface area contributed by atoms with E-state index in [2.05, 4.69) is 31.7 Å². The molecular formula is C21H22N4O3S. The standard InChI is InChI=1S/C20H20N4OS.CH2O2/c25-20(22-17-12-24-9-5-14(17)6-10-24)19-16-2-1-15(11-18(16)26-23-19)13-3-7-21-8-4-13;2-1-3/h1-4,7-8,11,14,17H,5-6,9-10,12H2,(H,22,25);1H,(H,2,3)/t17-;/m0./s1. The van der Waals surface area contributed by atoms with Crippen LogP contribution in [0.25, 0.3) is 21.2 Å². The minimum Gasteiger partial charge on any atom is -0.483 e. The third-order valence-corrected chi connectivity index (χ3v) is 6.48. The van der Waals surface area contributed by atoms with Crippen LogP contribution >= 0.6 is 11.5 Å². The summed E-state index contributed by atoms with van der Waals surface area (Å²) in [5.74, 6) is 0.582. The molecule has 3 fully saturated rings. The summed E-state index contributed by atoms with van der Waals surface area (Å²) in [6, 6.07) is 10.4. The number of nitrogens with one attached hydrogen (secondary N) is 1. The third-order valence-electron chi connectivity index (χ3n) is 5.67. The van der Waals surface area contributed by atoms with Crippen LogP contribution < -0.4 is 5.32 Å². The Morgan fingerprint density at radius 3 is 2.55 bits per heavy atom. The molecule has 2 aromatic heterocycles. The van der Waals surface area contributed by atoms with Gasteiger partial charge in [0.2, 0.25) is 0 Å². The topological polar surface area (TPSA) is 95.4 Å². The lowest BCUT2D eigenvalue weighted by Crippen LogP contribution is -2.57. The number of carboxylic acid groups (broad SMARTS) is 1. The molecule has 3 saturated heterocycles. The van der Waals surface area contributed by atoms with Crippen molar-refractivity contribution in [2.45, 2.75) is 18.9 Å². The Balaban J connectivity index is 0.000000645. The van der Waals surface area contributed by atoms with Gasteiger partial charge in [-0.2, -0.15) is 4.37 Å². The zero-order valence-corrected chi connectivity index (χ0v) is 16.6. The minimum absolute atomic E-state index is 0.0355. The number of hydrogen-bond acceptors (Lipinski definition) is 6. The number of amides is 1. The smallest absolute Gasteiger partial charge is 0.290 e. The third kappa shape index (κ3) is 4.13. The van der Waals surface area contributed by atoms with Gasteiger partial charge in [-0.3, -0.25) is 14.6 Å². The fourth-order valence-electron chi connectivity index (χ4n) is 4.19. The molecule has 3 aliphatic rings. The number of piperidine rings is 3. The van der Waals surface area contributed by atoms with Crippen molar-refractivity contribution in [3.8, 4) is 11.1 Å². The van der Waals surface area contributed by atoms with Crippen molar-refractivity contribution < 1.29 is 14.7 Å². The summed E-state index contributed by atoms with van der Waals surface area (Å²) in [4.78, 5) is 27.7. The SMILES string of the molecule is O=C(N[C@H]1CN2CCC1CC2)c1nsc2cc(-c3ccncc3)ccc12.O=CO. The summed E-state index contributed by atoms with van der Waals surface area (Å²) < 4.78 is 5.50. The van der Waals surface area contributed by atoms with Crippen molar-refractivity contribution in [2.75, 3.05) is 19.6 Å². The first kappa shape index (κ1) is 19.5. The fourth-order valence-corrected chi connectivity index (χ4v) is 5.00. The van der Waals surface area contributed by atoms with Gasteiger partial charge in [0.15, 0.2) is 0 Å². The van der Waals surface area contributed by atoms with Gasteiger partial charge in [-0.15, -0.1) is 0 Å². The molecule has 6 rings (SSSR count). The van der Waals surface area contributed by atoms with Gasteiger partial charge in [-0.05, 0) is 72.7 Å². The molecule has 3 aliphatic heterocycles. The van der Waals surface area contributed by atoms with Crippen molar-refractivity contribution in [3.63, 3.8) is 0 Å². The zero-order chi connectivity index (χ0) is 20.2. The summed E-state index contributed by atoms with van der Waals surface area (Å²) in [5.41, 5.74) is 2.80. The monoisotopic (exact) mass is 410 g/mol. The highest BCUT2D eigenvalue weighted by Gasteiger charge is 2.35. The van der Waals surface area contributed by atoms with Crippen molar-refractivity contribution in [2.24, 2.45) is 5.92 Å². The number of carbonyl (C=O) groups excluding carboxylic acids is 1. The highest BCUT2D eigenvalue weighted by atomic mass is 32.1. The zero-order valence-electron chi connectivity index (χ0n) is 15.8. The number of aromatic nitrogens is 2. The van der Waals surface area contributed by atoms with E-state index in [9.17, 15) is 4.79 Å². The largest absolute Gasteiger partial charge is 0.483 e. The van der Waals surface area contributed by atoms with Gasteiger partial charge in [-0.25, -0.2) is 0 Å². The molecule has 7 nitrogen and oxygen atoms in total. The number of fused-ring (bicyclic) bond motifs is 4. The second kappa shape index (κ2) is 8.67. The van der Waals surface area contributed by atoms with Crippen LogP contribution in [0.2, 0.25) is 0 Å². The second-order valence-corrected chi connectivity index (χ2v) is 8.11. The van der Waals surface area contributed by atoms with E-state index >= 15 is 0 Å². The maximum atomic E-state index is 12.8. The van der Waals surface area contributed by atoms with Crippen LogP contribution in [0.15, 0.2) is 42.7 Å². The minimum atomic E-state index is -0.250. The summed E-state index contributed by atoms with van der Waals surface area (Å²) >= 11 is 1.39. The highest BCUT2D eigenvalue weighted by Crippen LogP contribution is 2.30. The summed E-state index contributed by atoms with van der Waals surface area (Å²) in [6.45, 7) is 3.08. The quantitative estimate of drug-likeness (QED) is 0.645. The average Bonchev–Trinajstić information content (AvgIpc) is 3.19. The molecule has 1 atom stereocenters. The van der Waals surface area contributed by atoms with Gasteiger partial charge in [-0.1, -0.05) is 12.1 Å². The lowest BCUT2D eigenvalue weighted by molar-refractivity contribution is -0.122. The number of rotatable bonds is 3. The molecule has 0 spiro atoms. The van der Waals surface area contributed by atoms with E-state index in [0.717, 1.165) is 27.8 Å². The number of hydrogen-bond donors (Lipinski definition) is 2. The molecule has 150 valence electrons. The van der Waals surface area contributed by atoms with E-state index in [4.69, 9.17) is 9.90 Å². The van der Waals surface area contributed by atoms with Crippen LogP contribution in [0.1, 0.15) is 23.3 Å². The van der Waals surface area contributed by atoms with Gasteiger partial charge >= 0.3 is 0 Å². The molecule has 1 aromatic carbocycles. The van der Waals surface area contributed by atoms with Crippen molar-refractivity contribution >= 4 is 34.0 Å². The van der Waals surface area contributed by atoms with Gasteiger partial charge in [0.05, 0.1) is 4.70 Å². The molecule has 0 saturated carbocycles. The van der Waals surface area contributed by atoms with Crippen molar-refractivity contribution in [1.29, 1.82) is 0 Å². The Bertz CT molecular complexity index is 1000. The Morgan fingerprint density at radius 1 is 1.17 bits per heavy atom. The molecule has 2 bridgehead atoms. The van der Waals surface area contributed by atoms with Crippen LogP contribution in [0.5, 0.6) is 0 Å². The molecule has 5 heterocycles. The first-order chi connectivity index (χ1) is 14.2. The summed E-state index contributed by atoms with van der Waals surface area (Å²) in [6.07, 6.45) is 5.97. The van der Waals surface area contributed by atoms with Crippen molar-refractivity contribution in [3.05, 3.63) is 48.4 Å². The van der Waals surface area contributed by atoms with E-state index in [1.54, 1.807) is 12.4 Å². The van der Waals surface area contributed by atoms with E-state index < -0.39 is 0 Å². The Morgan fingerprint density at radius 2 is 1.90 bits per heavy atom. The first-order valence-electron chi connectivity index (χ1n) is 9.60. The van der Waals surface area contributed by atoms with Gasteiger partial charge < -0.3 is 15.3 Å². The van der Waals surface area contributed by atoms with Crippen LogP contribution in [-0.2, 0) is 4.79 Å². The van der Waals surface area contributed by atoms with E-state index in [1.807, 2.05) is 18.2 Å². The van der Waals surface area contributed by atoms with Crippen LogP contribution in [0.4, 0.5) is 0 Å². The maximum absolute atomic E-state index is 12.8. The molecule has 0 radical (unpaired) electrons. The van der Waals surface area contributed by atoms with E-state index in [0.29, 0.717) is 11.6 Å². The molecule has 3 aromatic rings. The van der Waals surface area contributed by atoms with Gasteiger partial charge in [0.25, 0.3) is 12.4 Å². The number of benzene rings is 1. The molecule has 2 N–H and O–H groups in total. The van der Waals surface area contributed by atoms with Gasteiger partial charge in [0.1, 0.15) is 5.69 Å². The lowest BCUT2D eigenvalue weighted by Gasteiger charge is -2.44. The molecular weight excluding hydrogens is 388 g/mol. The number of pyridine rings is 1. The normalized spacial score (nSPS) is 22.6. The van der Waals surface area contributed by atoms with Crippen LogP contribution in [-0.4, -0.2) is 57.4 Å². The molecule has 0 unspecified atom stereocenters. The predicted octanol–water partition coefficient (Wildman–Crippen LogP) is 2.88. The Kier molecular flexibility index (Phi) is 5.82. The molecule has 29 heavy (non-hydrogen) atoms. The summed E-state index contributed by atoms with van der Waals surface area (Å²) in [5, 5.41) is 11.1. The second-order valence-electron chi connectivity index (χ2n) is 7.30. The van der Waals surface area contributed by atoms with E-state index in [-0.39, 0.29) is 18.4 Å². The van der Waals surface area contributed by atoms with Crippen LogP contribution in [0, 0.1) is 5.92 Å². The lowest BCUT2D eigenvalue weighted by atomic mass is 9.84.